The molecule has 0 saturated heterocycles. The van der Waals surface area contributed by atoms with Gasteiger partial charge in [-0.15, -0.1) is 0 Å². The lowest BCUT2D eigenvalue weighted by molar-refractivity contribution is -0.386. The number of ether oxygens (including phenoxy) is 1. The van der Waals surface area contributed by atoms with Gasteiger partial charge in [0.25, 0.3) is 5.88 Å². The number of nitro groups is 1. The van der Waals surface area contributed by atoms with E-state index in [4.69, 9.17) is 10.5 Å². The monoisotopic (exact) mass is 265 g/mol. The van der Waals surface area contributed by atoms with E-state index in [1.54, 1.807) is 0 Å². The molecule has 6 nitrogen and oxygen atoms in total. The Balaban J connectivity index is 2.00. The van der Waals surface area contributed by atoms with Crippen LogP contribution in [0.1, 0.15) is 25.7 Å². The molecule has 1 aliphatic carbocycles. The van der Waals surface area contributed by atoms with Crippen LogP contribution in [0.5, 0.6) is 5.88 Å². The molecule has 1 aliphatic rings. The minimum absolute atomic E-state index is 0.0809. The second-order valence-corrected chi connectivity index (χ2v) is 4.94. The smallest absolute Gasteiger partial charge is 0.330 e. The average Bonchev–Trinajstić information content (AvgIpc) is 2.45. The summed E-state index contributed by atoms with van der Waals surface area (Å²) in [5, 5.41) is 10.9. The summed E-state index contributed by atoms with van der Waals surface area (Å²) in [6.45, 7) is 1.11. The standard InChI is InChI=1S/C13H19N3O3/c14-8-10-4-1-2-5-11(10)9-19-13-12(16(17)18)6-3-7-15-13/h3,6-7,10-11H,1-2,4-5,8-9,14H2. The zero-order chi connectivity index (χ0) is 13.7. The molecule has 1 saturated carbocycles. The zero-order valence-corrected chi connectivity index (χ0v) is 10.8. The lowest BCUT2D eigenvalue weighted by Crippen LogP contribution is -2.30. The molecule has 0 bridgehead atoms. The van der Waals surface area contributed by atoms with E-state index in [0.29, 0.717) is 25.0 Å². The first-order chi connectivity index (χ1) is 9.22. The van der Waals surface area contributed by atoms with Crippen LogP contribution in [-0.2, 0) is 0 Å². The maximum Gasteiger partial charge on any atom is 0.330 e. The van der Waals surface area contributed by atoms with Gasteiger partial charge in [0.2, 0.25) is 0 Å². The molecule has 1 aromatic rings. The molecule has 0 amide bonds. The molecule has 1 fully saturated rings. The molecule has 0 spiro atoms. The quantitative estimate of drug-likeness (QED) is 0.650. The van der Waals surface area contributed by atoms with Gasteiger partial charge in [-0.2, -0.15) is 0 Å². The molecule has 104 valence electrons. The van der Waals surface area contributed by atoms with Crippen LogP contribution >= 0.6 is 0 Å². The van der Waals surface area contributed by atoms with E-state index in [1.165, 1.54) is 31.2 Å². The Morgan fingerprint density at radius 1 is 1.42 bits per heavy atom. The summed E-state index contributed by atoms with van der Waals surface area (Å²) in [7, 11) is 0. The first kappa shape index (κ1) is 13.7. The molecule has 0 radical (unpaired) electrons. The van der Waals surface area contributed by atoms with Crippen LogP contribution < -0.4 is 10.5 Å². The van der Waals surface area contributed by atoms with E-state index in [0.717, 1.165) is 12.8 Å². The fraction of sp³-hybridized carbons (Fsp3) is 0.615. The molecule has 0 aromatic carbocycles. The Labute approximate surface area is 112 Å². The van der Waals surface area contributed by atoms with E-state index in [9.17, 15) is 10.1 Å². The summed E-state index contributed by atoms with van der Waals surface area (Å²) in [6, 6.07) is 2.94. The van der Waals surface area contributed by atoms with Gasteiger partial charge >= 0.3 is 5.69 Å². The van der Waals surface area contributed by atoms with Gasteiger partial charge in [-0.1, -0.05) is 12.8 Å². The molecule has 19 heavy (non-hydrogen) atoms. The maximum atomic E-state index is 10.9. The Hall–Kier alpha value is -1.69. The molecule has 1 heterocycles. The van der Waals surface area contributed by atoms with Crippen molar-refractivity contribution in [2.75, 3.05) is 13.2 Å². The second kappa shape index (κ2) is 6.47. The SMILES string of the molecule is NCC1CCCCC1COc1ncccc1[N+](=O)[O-]. The van der Waals surface area contributed by atoms with E-state index < -0.39 is 4.92 Å². The number of rotatable bonds is 5. The van der Waals surface area contributed by atoms with Crippen molar-refractivity contribution in [3.63, 3.8) is 0 Å². The van der Waals surface area contributed by atoms with Crippen LogP contribution in [0.4, 0.5) is 5.69 Å². The largest absolute Gasteiger partial charge is 0.473 e. The average molecular weight is 265 g/mol. The van der Waals surface area contributed by atoms with Gasteiger partial charge in [0, 0.05) is 12.3 Å². The lowest BCUT2D eigenvalue weighted by Gasteiger charge is -2.30. The highest BCUT2D eigenvalue weighted by Gasteiger charge is 2.26. The van der Waals surface area contributed by atoms with Crippen molar-refractivity contribution in [3.05, 3.63) is 28.4 Å². The van der Waals surface area contributed by atoms with E-state index in [1.807, 2.05) is 0 Å². The molecule has 1 aromatic heterocycles. The van der Waals surface area contributed by atoms with Crippen LogP contribution in [0.3, 0.4) is 0 Å². The van der Waals surface area contributed by atoms with E-state index in [-0.39, 0.29) is 11.6 Å². The van der Waals surface area contributed by atoms with Crippen molar-refractivity contribution in [3.8, 4) is 5.88 Å². The van der Waals surface area contributed by atoms with Crippen molar-refractivity contribution in [1.82, 2.24) is 4.98 Å². The lowest BCUT2D eigenvalue weighted by atomic mass is 9.80. The van der Waals surface area contributed by atoms with Crippen LogP contribution in [-0.4, -0.2) is 23.1 Å². The van der Waals surface area contributed by atoms with Crippen molar-refractivity contribution in [2.45, 2.75) is 25.7 Å². The summed E-state index contributed by atoms with van der Waals surface area (Å²) in [5.74, 6) is 0.936. The van der Waals surface area contributed by atoms with Crippen LogP contribution in [0, 0.1) is 22.0 Å². The summed E-state index contributed by atoms with van der Waals surface area (Å²) < 4.78 is 5.56. The third kappa shape index (κ3) is 3.41. The van der Waals surface area contributed by atoms with Crippen molar-refractivity contribution in [1.29, 1.82) is 0 Å². The molecule has 2 rings (SSSR count). The van der Waals surface area contributed by atoms with Gasteiger partial charge in [-0.25, -0.2) is 4.98 Å². The highest BCUT2D eigenvalue weighted by molar-refractivity contribution is 5.39. The highest BCUT2D eigenvalue weighted by Crippen LogP contribution is 2.31. The predicted molar refractivity (Wildman–Crippen MR) is 70.9 cm³/mol. The van der Waals surface area contributed by atoms with Crippen molar-refractivity contribution < 1.29 is 9.66 Å². The molecule has 2 N–H and O–H groups in total. The number of hydrogen-bond acceptors (Lipinski definition) is 5. The van der Waals surface area contributed by atoms with Crippen molar-refractivity contribution >= 4 is 5.69 Å². The first-order valence-corrected chi connectivity index (χ1v) is 6.64. The van der Waals surface area contributed by atoms with Crippen LogP contribution in [0.15, 0.2) is 18.3 Å². The van der Waals surface area contributed by atoms with Gasteiger partial charge < -0.3 is 10.5 Å². The minimum atomic E-state index is -0.469. The van der Waals surface area contributed by atoms with Crippen LogP contribution in [0.2, 0.25) is 0 Å². The minimum Gasteiger partial charge on any atom is -0.473 e. The Morgan fingerprint density at radius 2 is 2.16 bits per heavy atom. The molecule has 0 aliphatic heterocycles. The number of nitrogens with two attached hydrogens (primary N) is 1. The fourth-order valence-electron chi connectivity index (χ4n) is 2.63. The highest BCUT2D eigenvalue weighted by atomic mass is 16.6. The predicted octanol–water partition coefficient (Wildman–Crippen LogP) is 2.13. The number of nitrogens with zero attached hydrogens (tertiary/aromatic N) is 2. The fourth-order valence-corrected chi connectivity index (χ4v) is 2.63. The molecule has 2 atom stereocenters. The second-order valence-electron chi connectivity index (χ2n) is 4.94. The molecule has 2 unspecified atom stereocenters. The normalized spacial score (nSPS) is 23.0. The van der Waals surface area contributed by atoms with Gasteiger partial charge in [0.05, 0.1) is 11.5 Å². The maximum absolute atomic E-state index is 10.9. The molecular weight excluding hydrogens is 246 g/mol. The van der Waals surface area contributed by atoms with Gasteiger partial charge in [-0.05, 0) is 37.3 Å². The topological polar surface area (TPSA) is 91.3 Å². The third-order valence-electron chi connectivity index (χ3n) is 3.75. The van der Waals surface area contributed by atoms with E-state index >= 15 is 0 Å². The summed E-state index contributed by atoms with van der Waals surface area (Å²) in [6.07, 6.45) is 6.08. The van der Waals surface area contributed by atoms with Gasteiger partial charge in [0.15, 0.2) is 0 Å². The summed E-state index contributed by atoms with van der Waals surface area (Å²) in [4.78, 5) is 14.3. The molecular formula is C13H19N3O3. The Morgan fingerprint density at radius 3 is 2.84 bits per heavy atom. The zero-order valence-electron chi connectivity index (χ0n) is 10.8. The van der Waals surface area contributed by atoms with Gasteiger partial charge in [-0.3, -0.25) is 10.1 Å². The molecule has 6 heteroatoms. The Bertz CT molecular complexity index is 439. The van der Waals surface area contributed by atoms with Crippen molar-refractivity contribution in [2.24, 2.45) is 17.6 Å². The number of hydrogen-bond donors (Lipinski definition) is 1. The Kier molecular flexibility index (Phi) is 4.68. The number of pyridine rings is 1. The van der Waals surface area contributed by atoms with Crippen LogP contribution in [0.25, 0.3) is 0 Å². The summed E-state index contributed by atoms with van der Waals surface area (Å²) in [5.41, 5.74) is 5.68. The first-order valence-electron chi connectivity index (χ1n) is 6.64. The summed E-state index contributed by atoms with van der Waals surface area (Å²) >= 11 is 0. The van der Waals surface area contributed by atoms with E-state index in [2.05, 4.69) is 4.98 Å². The third-order valence-corrected chi connectivity index (χ3v) is 3.75. The number of aromatic nitrogens is 1. The van der Waals surface area contributed by atoms with Gasteiger partial charge in [0.1, 0.15) is 0 Å².